The highest BCUT2D eigenvalue weighted by atomic mass is 32.2. The Bertz CT molecular complexity index is 2500. The summed E-state index contributed by atoms with van der Waals surface area (Å²) in [6.45, 7) is 5.54. The van der Waals surface area contributed by atoms with Crippen molar-refractivity contribution < 1.29 is 57.6 Å². The number of aliphatic hydroxyl groups is 2. The lowest BCUT2D eigenvalue weighted by Crippen LogP contribution is -2.62. The highest BCUT2D eigenvalue weighted by Crippen LogP contribution is 2.43. The molecule has 6 aromatic rings. The summed E-state index contributed by atoms with van der Waals surface area (Å²) in [6.07, 6.45) is -5.85. The molecule has 4 heterocycles. The van der Waals surface area contributed by atoms with Gasteiger partial charge in [-0.05, 0) is 73.5 Å². The van der Waals surface area contributed by atoms with E-state index in [9.17, 15) is 10.2 Å². The van der Waals surface area contributed by atoms with Gasteiger partial charge in [0.1, 0.15) is 71.2 Å². The van der Waals surface area contributed by atoms with Crippen LogP contribution >= 0.6 is 23.5 Å². The van der Waals surface area contributed by atoms with E-state index in [2.05, 4.69) is 31.2 Å². The van der Waals surface area contributed by atoms with Crippen molar-refractivity contribution in [3.8, 4) is 11.5 Å². The van der Waals surface area contributed by atoms with E-state index in [0.29, 0.717) is 26.4 Å². The first-order chi connectivity index (χ1) is 34.2. The minimum atomic E-state index is -1.04. The van der Waals surface area contributed by atoms with Gasteiger partial charge in [0.25, 0.3) is 0 Å². The molecule has 12 nitrogen and oxygen atoms in total. The number of ether oxygens (including phenoxy) is 10. The van der Waals surface area contributed by atoms with Gasteiger partial charge in [0.05, 0.1) is 40.6 Å². The van der Waals surface area contributed by atoms with Gasteiger partial charge in [-0.15, -0.1) is 0 Å². The molecule has 4 aliphatic heterocycles. The Kier molecular flexibility index (Phi) is 17.3. The van der Waals surface area contributed by atoms with E-state index < -0.39 is 60.7 Å². The molecule has 4 saturated heterocycles. The summed E-state index contributed by atoms with van der Waals surface area (Å²) in [7, 11) is 3.32. The third kappa shape index (κ3) is 12.6. The molecule has 4 fully saturated rings. The molecule has 0 bridgehead atoms. The monoisotopic (exact) mass is 988 g/mol. The summed E-state index contributed by atoms with van der Waals surface area (Å²) in [5.41, 5.74) is 5.31. The molecule has 12 unspecified atom stereocenters. The molecule has 70 heavy (non-hydrogen) atoms. The van der Waals surface area contributed by atoms with E-state index in [4.69, 9.17) is 47.4 Å². The summed E-state index contributed by atoms with van der Waals surface area (Å²) in [4.78, 5) is 2.07. The topological polar surface area (TPSA) is 133 Å². The van der Waals surface area contributed by atoms with Gasteiger partial charge in [0.2, 0.25) is 0 Å². The number of aryl methyl sites for hydroxylation is 2. The van der Waals surface area contributed by atoms with Gasteiger partial charge in [-0.2, -0.15) is 0 Å². The standard InChI is InChI=1S/C36H38O7S.C20H22O5S/c1-24-9-19-30(20-10-24)44-36-34(40-22-26-13-17-29(38-3)18-14-26)33(39-21-25-11-15-28(37-2)16-12-25)32-31(42-36)23-41-35(43-32)27-7-5-4-6-8-27;1-12-7-9-14(10-8-12)26-20-17(22)16(21)18-15(24-20)11-23-19(25-18)13-5-3-2-4-6-13/h4-20,31-36H,21-23H2,1-3H3;2-10,15-22H,11H2,1H3. The first kappa shape index (κ1) is 50.2. The first-order valence-corrected chi connectivity index (χ1v) is 25.2. The molecule has 0 amide bonds. The van der Waals surface area contributed by atoms with Gasteiger partial charge in [-0.25, -0.2) is 0 Å². The van der Waals surface area contributed by atoms with Gasteiger partial charge < -0.3 is 57.6 Å². The van der Waals surface area contributed by atoms with Crippen molar-refractivity contribution in [1.82, 2.24) is 0 Å². The van der Waals surface area contributed by atoms with Crippen molar-refractivity contribution in [3.63, 3.8) is 0 Å². The number of thioether (sulfide) groups is 2. The normalized spacial score (nSPS) is 28.3. The van der Waals surface area contributed by atoms with Crippen molar-refractivity contribution in [2.24, 2.45) is 0 Å². The second-order valence-electron chi connectivity index (χ2n) is 17.5. The van der Waals surface area contributed by atoms with E-state index in [-0.39, 0.29) is 11.5 Å². The molecule has 0 aliphatic carbocycles. The van der Waals surface area contributed by atoms with E-state index in [1.165, 1.54) is 22.9 Å². The summed E-state index contributed by atoms with van der Waals surface area (Å²) >= 11 is 3.03. The molecule has 12 atom stereocenters. The Balaban J connectivity index is 0.000000198. The second-order valence-corrected chi connectivity index (χ2v) is 19.9. The molecular formula is C56H60O12S2. The third-order valence-electron chi connectivity index (χ3n) is 12.5. The number of hydrogen-bond donors (Lipinski definition) is 2. The maximum Gasteiger partial charge on any atom is 0.184 e. The predicted molar refractivity (Wildman–Crippen MR) is 267 cm³/mol. The van der Waals surface area contributed by atoms with Crippen LogP contribution in [0.4, 0.5) is 0 Å². The van der Waals surface area contributed by atoms with Crippen LogP contribution in [0.5, 0.6) is 11.5 Å². The maximum absolute atomic E-state index is 10.6. The fraction of sp³-hybridized carbons (Fsp3) is 0.357. The minimum Gasteiger partial charge on any atom is -0.497 e. The van der Waals surface area contributed by atoms with Gasteiger partial charge in [-0.3, -0.25) is 0 Å². The fourth-order valence-corrected chi connectivity index (χ4v) is 10.8. The van der Waals surface area contributed by atoms with Crippen LogP contribution < -0.4 is 9.47 Å². The Hall–Kier alpha value is -4.78. The Morgan fingerprint density at radius 3 is 1.39 bits per heavy atom. The van der Waals surface area contributed by atoms with Gasteiger partial charge in [0, 0.05) is 20.9 Å². The van der Waals surface area contributed by atoms with Crippen LogP contribution in [0.2, 0.25) is 0 Å². The lowest BCUT2D eigenvalue weighted by Gasteiger charge is -2.49. The largest absolute Gasteiger partial charge is 0.497 e. The number of rotatable bonds is 14. The summed E-state index contributed by atoms with van der Waals surface area (Å²) in [5, 5.41) is 21.1. The van der Waals surface area contributed by atoms with Crippen molar-refractivity contribution in [3.05, 3.63) is 191 Å². The van der Waals surface area contributed by atoms with Crippen molar-refractivity contribution >= 4 is 23.5 Å². The van der Waals surface area contributed by atoms with E-state index >= 15 is 0 Å². The van der Waals surface area contributed by atoms with Crippen LogP contribution in [-0.4, -0.2) is 97.4 Å². The Morgan fingerprint density at radius 2 is 0.900 bits per heavy atom. The Labute approximate surface area is 418 Å². The lowest BCUT2D eigenvalue weighted by molar-refractivity contribution is -0.329. The van der Waals surface area contributed by atoms with E-state index in [0.717, 1.165) is 43.5 Å². The SMILES string of the molecule is COc1ccc(COC2C(Sc3ccc(C)cc3)OC3COC(c4ccccc4)OC3C2OCc2ccc(OC)cc2)cc1.Cc1ccc(SC2OC3COC(c4ccccc4)OC3C(O)C2O)cc1. The summed E-state index contributed by atoms with van der Waals surface area (Å²) < 4.78 is 61.4. The van der Waals surface area contributed by atoms with Crippen LogP contribution in [0.25, 0.3) is 0 Å². The number of fused-ring (bicyclic) bond motifs is 2. The molecule has 368 valence electrons. The minimum absolute atomic E-state index is 0.305. The van der Waals surface area contributed by atoms with Crippen molar-refractivity contribution in [2.75, 3.05) is 27.4 Å². The zero-order chi connectivity index (χ0) is 48.4. The molecule has 6 aromatic carbocycles. The first-order valence-electron chi connectivity index (χ1n) is 23.5. The average Bonchev–Trinajstić information content (AvgIpc) is 3.41. The second kappa shape index (κ2) is 24.1. The van der Waals surface area contributed by atoms with E-state index in [1.54, 1.807) is 26.0 Å². The van der Waals surface area contributed by atoms with Gasteiger partial charge >= 0.3 is 0 Å². The molecule has 0 spiro atoms. The third-order valence-corrected chi connectivity index (χ3v) is 14.8. The molecule has 14 heteroatoms. The molecule has 2 N–H and O–H groups in total. The number of benzene rings is 6. The van der Waals surface area contributed by atoms with Crippen LogP contribution in [0.3, 0.4) is 0 Å². The highest BCUT2D eigenvalue weighted by Gasteiger charge is 2.52. The molecule has 0 saturated carbocycles. The molecule has 10 rings (SSSR count). The van der Waals surface area contributed by atoms with E-state index in [1.807, 2.05) is 140 Å². The molecule has 0 radical (unpaired) electrons. The van der Waals surface area contributed by atoms with Crippen LogP contribution in [-0.2, 0) is 51.1 Å². The number of methoxy groups -OCH3 is 2. The zero-order valence-corrected chi connectivity index (χ0v) is 41.2. The fourth-order valence-electron chi connectivity index (χ4n) is 8.57. The number of hydrogen-bond acceptors (Lipinski definition) is 14. The van der Waals surface area contributed by atoms with Gasteiger partial charge in [-0.1, -0.05) is 144 Å². The zero-order valence-electron chi connectivity index (χ0n) is 39.6. The smallest absolute Gasteiger partial charge is 0.184 e. The predicted octanol–water partition coefficient (Wildman–Crippen LogP) is 9.76. The van der Waals surface area contributed by atoms with Crippen LogP contribution in [0.1, 0.15) is 46.0 Å². The number of aliphatic hydroxyl groups excluding tert-OH is 2. The van der Waals surface area contributed by atoms with Gasteiger partial charge in [0.15, 0.2) is 12.6 Å². The Morgan fingerprint density at radius 1 is 0.471 bits per heavy atom. The molecular weight excluding hydrogens is 929 g/mol. The summed E-state index contributed by atoms with van der Waals surface area (Å²) in [5.74, 6) is 1.60. The van der Waals surface area contributed by atoms with Crippen LogP contribution in [0.15, 0.2) is 168 Å². The van der Waals surface area contributed by atoms with Crippen molar-refractivity contribution in [2.45, 2.75) is 109 Å². The molecule has 4 aliphatic rings. The quantitative estimate of drug-likeness (QED) is 0.107. The van der Waals surface area contributed by atoms with Crippen molar-refractivity contribution in [1.29, 1.82) is 0 Å². The maximum atomic E-state index is 10.6. The average molecular weight is 989 g/mol. The summed E-state index contributed by atoms with van der Waals surface area (Å²) in [6, 6.07) is 51.7. The van der Waals surface area contributed by atoms with Crippen LogP contribution in [0, 0.1) is 13.8 Å². The highest BCUT2D eigenvalue weighted by molar-refractivity contribution is 8.00. The molecule has 0 aromatic heterocycles. The lowest BCUT2D eigenvalue weighted by atomic mass is 9.98.